The monoisotopic (exact) mass is 1490 g/mol. The minimum absolute atomic E-state index is 0. The predicted octanol–water partition coefficient (Wildman–Crippen LogP) is 6.12. The van der Waals surface area contributed by atoms with Crippen molar-refractivity contribution in [1.82, 2.24) is 9.97 Å². The van der Waals surface area contributed by atoms with Crippen LogP contribution >= 0.6 is 22.6 Å². The number of hydrogen-bond donors (Lipinski definition) is 0. The number of nitrogens with zero attached hydrogens (tertiary/aromatic N) is 4. The van der Waals surface area contributed by atoms with E-state index in [1.54, 1.807) is 97.6 Å². The summed E-state index contributed by atoms with van der Waals surface area (Å²) in [5, 5.41) is 0. The third-order valence-electron chi connectivity index (χ3n) is 12.6. The Kier molecular flexibility index (Phi) is 28.5. The van der Waals surface area contributed by atoms with Gasteiger partial charge in [0.1, 0.15) is 13.1 Å². The number of aryl methyl sites for hydroxylation is 2. The molecule has 4 aromatic heterocycles. The summed E-state index contributed by atoms with van der Waals surface area (Å²) in [4.78, 5) is 8.95. The first-order chi connectivity index (χ1) is 37.5. The Morgan fingerprint density at radius 3 is 0.812 bits per heavy atom. The lowest BCUT2D eigenvalue weighted by atomic mass is 10.1. The van der Waals surface area contributed by atoms with Crippen molar-refractivity contribution in [3.63, 3.8) is 0 Å². The highest BCUT2D eigenvalue weighted by Gasteiger charge is 2.21. The Balaban J connectivity index is 0.000000319. The third kappa shape index (κ3) is 20.7. The number of sulfone groups is 4. The van der Waals surface area contributed by atoms with Crippen molar-refractivity contribution < 1.29 is 90.8 Å². The number of benzene rings is 4. The molecule has 0 aliphatic carbocycles. The Morgan fingerprint density at radius 2 is 0.588 bits per heavy atom. The summed E-state index contributed by atoms with van der Waals surface area (Å²) in [5.41, 5.74) is 6.93. The van der Waals surface area contributed by atoms with Gasteiger partial charge in [-0.05, 0) is 154 Å². The van der Waals surface area contributed by atoms with E-state index in [1.807, 2.05) is 97.6 Å². The van der Waals surface area contributed by atoms with Crippen molar-refractivity contribution >= 4 is 61.9 Å². The van der Waals surface area contributed by atoms with Gasteiger partial charge >= 0.3 is 0 Å². The first kappa shape index (κ1) is 68.0. The van der Waals surface area contributed by atoms with E-state index in [0.29, 0.717) is 0 Å². The van der Waals surface area contributed by atoms with Gasteiger partial charge in [-0.15, -0.1) is 0 Å². The van der Waals surface area contributed by atoms with E-state index in [1.165, 1.54) is 10.8 Å². The van der Waals surface area contributed by atoms with Crippen molar-refractivity contribution in [3.05, 3.63) is 195 Å². The Labute approximate surface area is 522 Å². The Hall–Kier alpha value is -4.53. The van der Waals surface area contributed by atoms with Crippen LogP contribution in [0.15, 0.2) is 215 Å². The topological polar surface area (TPSA) is 170 Å². The first-order valence-corrected chi connectivity index (χ1v) is 34.3. The predicted molar refractivity (Wildman–Crippen MR) is 320 cm³/mol. The molecule has 0 atom stereocenters. The number of rotatable bonds is 23. The van der Waals surface area contributed by atoms with Gasteiger partial charge in [-0.25, -0.2) is 42.8 Å². The van der Waals surface area contributed by atoms with Gasteiger partial charge in [0.05, 0.1) is 42.6 Å². The zero-order valence-electron chi connectivity index (χ0n) is 45.2. The molecular formula is C61H69I3N4O8S4. The second kappa shape index (κ2) is 33.5. The molecule has 0 fully saturated rings. The third-order valence-corrected chi connectivity index (χ3v) is 20.8. The molecular weight excluding hydrogens is 1430 g/mol. The summed E-state index contributed by atoms with van der Waals surface area (Å²) in [6.07, 6.45) is 19.1. The van der Waals surface area contributed by atoms with Crippen LogP contribution < -0.4 is 57.1 Å². The van der Waals surface area contributed by atoms with E-state index in [4.69, 9.17) is 0 Å². The van der Waals surface area contributed by atoms with Gasteiger partial charge in [0.2, 0.25) is 0 Å². The summed E-state index contributed by atoms with van der Waals surface area (Å²) >= 11 is 2.35. The number of alkyl halides is 1. The molecule has 19 heteroatoms. The standard InChI is InChI=1S/C32H38N2O4S2.C26H24N2O4S2.C3H7I.2HI/c1-3-17-33-19-13-27(14-20-33)29-9-7-11-31(25-29)39(35,36)23-5-6-24-40(37,38)32-12-8-10-30(26-32)28-15-21-34(18-4-2)22-16-28;29-33(30,25-7-3-5-23(19-25)21-9-13-27-14-10-21)17-1-2-18-34(31,32)26-8-4-6-24(20-26)22-11-15-28-16-12-22;1-2-3-4;;/h7-16,19-22,25-26H,3-6,17-18,23-24H2,1-2H3;3-16,19-20H,1-2,17-18H2;2-3H2,1H3;2*1H/q+2;;;;/p-2. The molecule has 8 rings (SSSR count). The van der Waals surface area contributed by atoms with Crippen LogP contribution in [-0.4, -0.2) is 71.1 Å². The average molecular weight is 1500 g/mol. The van der Waals surface area contributed by atoms with Crippen LogP contribution in [0.1, 0.15) is 65.7 Å². The minimum Gasteiger partial charge on any atom is -1.00 e. The maximum absolute atomic E-state index is 13.1. The van der Waals surface area contributed by atoms with Gasteiger partial charge in [0.15, 0.2) is 64.1 Å². The summed E-state index contributed by atoms with van der Waals surface area (Å²) in [6.45, 7) is 8.28. The van der Waals surface area contributed by atoms with E-state index in [9.17, 15) is 33.7 Å². The normalized spacial score (nSPS) is 11.4. The molecule has 0 amide bonds. The number of unbranched alkanes of at least 4 members (excludes halogenated alkanes) is 2. The van der Waals surface area contributed by atoms with Crippen molar-refractivity contribution in [2.45, 2.75) is 98.4 Å². The van der Waals surface area contributed by atoms with Crippen LogP contribution in [0.25, 0.3) is 44.5 Å². The van der Waals surface area contributed by atoms with Gasteiger partial charge in [-0.3, -0.25) is 9.97 Å². The number of hydrogen-bond acceptors (Lipinski definition) is 10. The Bertz CT molecular complexity index is 3400. The number of halogens is 3. The molecule has 80 heavy (non-hydrogen) atoms. The van der Waals surface area contributed by atoms with Crippen LogP contribution in [0.5, 0.6) is 0 Å². The van der Waals surface area contributed by atoms with Crippen LogP contribution in [0.3, 0.4) is 0 Å². The van der Waals surface area contributed by atoms with Crippen LogP contribution in [0.4, 0.5) is 0 Å². The fourth-order valence-electron chi connectivity index (χ4n) is 8.32. The van der Waals surface area contributed by atoms with E-state index in [-0.39, 0.29) is 116 Å². The van der Waals surface area contributed by atoms with E-state index in [0.717, 1.165) is 70.4 Å². The maximum Gasteiger partial charge on any atom is 0.178 e. The molecule has 0 N–H and O–H groups in total. The lowest BCUT2D eigenvalue weighted by molar-refractivity contribution is -0.697. The molecule has 4 aromatic carbocycles. The lowest BCUT2D eigenvalue weighted by Gasteiger charge is -2.09. The van der Waals surface area contributed by atoms with Crippen LogP contribution in [-0.2, 0) is 52.4 Å². The van der Waals surface area contributed by atoms with Crippen molar-refractivity contribution in [3.8, 4) is 44.5 Å². The molecule has 426 valence electrons. The quantitative estimate of drug-likeness (QED) is 0.0315. The van der Waals surface area contributed by atoms with Crippen molar-refractivity contribution in [2.24, 2.45) is 0 Å². The van der Waals surface area contributed by atoms with Crippen molar-refractivity contribution in [2.75, 3.05) is 27.4 Å². The second-order valence-electron chi connectivity index (χ2n) is 18.6. The fourth-order valence-corrected chi connectivity index (χ4v) is 14.0. The first-order valence-electron chi connectivity index (χ1n) is 26.2. The summed E-state index contributed by atoms with van der Waals surface area (Å²) in [6, 6.07) is 42.7. The highest BCUT2D eigenvalue weighted by atomic mass is 127. The zero-order valence-corrected chi connectivity index (χ0v) is 54.9. The highest BCUT2D eigenvalue weighted by molar-refractivity contribution is 14.1. The molecule has 0 radical (unpaired) electrons. The fraction of sp³-hybridized carbons (Fsp3) is 0.279. The smallest absolute Gasteiger partial charge is 0.178 e. The lowest BCUT2D eigenvalue weighted by Crippen LogP contribution is -3.00. The zero-order chi connectivity index (χ0) is 56.0. The molecule has 0 aliphatic heterocycles. The van der Waals surface area contributed by atoms with Gasteiger partial charge in [-0.1, -0.05) is 91.9 Å². The second-order valence-corrected chi connectivity index (χ2v) is 28.1. The summed E-state index contributed by atoms with van der Waals surface area (Å²) in [7, 11) is -14.1. The molecule has 12 nitrogen and oxygen atoms in total. The van der Waals surface area contributed by atoms with Gasteiger partial charge < -0.3 is 48.0 Å². The number of pyridine rings is 4. The van der Waals surface area contributed by atoms with Crippen LogP contribution in [0, 0.1) is 0 Å². The summed E-state index contributed by atoms with van der Waals surface area (Å²) in [5.74, 6) is -0.420. The molecule has 0 unspecified atom stereocenters. The molecule has 0 saturated carbocycles. The molecule has 0 bridgehead atoms. The van der Waals surface area contributed by atoms with Gasteiger partial charge in [0.25, 0.3) is 0 Å². The molecule has 0 aliphatic rings. The van der Waals surface area contributed by atoms with E-state index >= 15 is 0 Å². The average Bonchev–Trinajstić information content (AvgIpc) is 3.48. The Morgan fingerprint density at radius 1 is 0.350 bits per heavy atom. The van der Waals surface area contributed by atoms with Gasteiger partial charge in [-0.2, -0.15) is 0 Å². The minimum atomic E-state index is -3.54. The van der Waals surface area contributed by atoms with Gasteiger partial charge in [0, 0.05) is 61.9 Å². The molecule has 0 saturated heterocycles. The van der Waals surface area contributed by atoms with Crippen molar-refractivity contribution in [1.29, 1.82) is 0 Å². The van der Waals surface area contributed by atoms with Crippen LogP contribution in [0.2, 0.25) is 0 Å². The number of aromatic nitrogens is 4. The highest BCUT2D eigenvalue weighted by Crippen LogP contribution is 2.27. The molecule has 8 aromatic rings. The summed E-state index contributed by atoms with van der Waals surface area (Å²) < 4.78 is 109. The maximum atomic E-state index is 13.1. The molecule has 4 heterocycles. The molecule has 0 spiro atoms. The SMILES string of the molecule is CCCI.CCC[n+]1ccc(-c2cccc(S(=O)(=O)CCCCS(=O)(=O)c3cccc(-c4cc[n+](CCC)cc4)c3)c2)cc1.O=S(=O)(CCCCS(=O)(=O)c1cccc(-c2ccncc2)c1)c1cccc(-c2ccncc2)c1.[I-].[I-]. The largest absolute Gasteiger partial charge is 1.00 e. The van der Waals surface area contributed by atoms with E-state index < -0.39 is 39.3 Å². The van der Waals surface area contributed by atoms with E-state index in [2.05, 4.69) is 62.5 Å².